The van der Waals surface area contributed by atoms with Crippen LogP contribution in [0.25, 0.3) is 0 Å². The monoisotopic (exact) mass is 392 g/mol. The van der Waals surface area contributed by atoms with Crippen LogP contribution in [0.15, 0.2) is 60.7 Å². The Hall–Kier alpha value is -3.48. The van der Waals surface area contributed by atoms with Crippen LogP contribution in [0.5, 0.6) is 0 Å². The van der Waals surface area contributed by atoms with E-state index in [1.807, 2.05) is 30.3 Å². The van der Waals surface area contributed by atoms with E-state index in [1.165, 1.54) is 29.2 Å². The largest absolute Gasteiger partial charge is 0.350 e. The molecule has 0 fully saturated rings. The van der Waals surface area contributed by atoms with Crippen molar-refractivity contribution < 1.29 is 14.0 Å². The molecule has 0 bridgehead atoms. The van der Waals surface area contributed by atoms with E-state index in [-0.39, 0.29) is 18.4 Å². The summed E-state index contributed by atoms with van der Waals surface area (Å²) in [4.78, 5) is 28.0. The zero-order valence-corrected chi connectivity index (χ0v) is 16.2. The topological polar surface area (TPSA) is 67.2 Å². The van der Waals surface area contributed by atoms with E-state index in [4.69, 9.17) is 0 Å². The van der Waals surface area contributed by atoms with Gasteiger partial charge in [-0.15, -0.1) is 0 Å². The van der Waals surface area contributed by atoms with E-state index in [1.54, 1.807) is 24.6 Å². The van der Waals surface area contributed by atoms with Gasteiger partial charge in [0.05, 0.1) is 12.2 Å². The standard InChI is InChI=1S/C22H21FN4O2/c1-15-12-19-20(28)27(18-10-8-17(23)9-11-18)22(2,14-26(19)25-15)21(29)24-13-16-6-4-3-5-7-16/h3-12H,13-14H2,1-2H3,(H,24,29)/t22-/m1/s1. The molecule has 1 N–H and O–H groups in total. The van der Waals surface area contributed by atoms with Crippen LogP contribution in [0.4, 0.5) is 10.1 Å². The Labute approximate surface area is 167 Å². The Kier molecular flexibility index (Phi) is 4.66. The quantitative estimate of drug-likeness (QED) is 0.742. The number of nitrogens with one attached hydrogen (secondary N) is 1. The Morgan fingerprint density at radius 1 is 1.17 bits per heavy atom. The van der Waals surface area contributed by atoms with Gasteiger partial charge in [-0.3, -0.25) is 19.2 Å². The SMILES string of the molecule is Cc1cc2n(n1)C[C@](C)(C(=O)NCc1ccccc1)N(c1ccc(F)cc1)C2=O. The molecule has 0 saturated carbocycles. The molecule has 2 amide bonds. The predicted octanol–water partition coefficient (Wildman–Crippen LogP) is 3.07. The lowest BCUT2D eigenvalue weighted by atomic mass is 9.94. The van der Waals surface area contributed by atoms with Crippen molar-refractivity contribution >= 4 is 17.5 Å². The minimum Gasteiger partial charge on any atom is -0.350 e. The van der Waals surface area contributed by atoms with Gasteiger partial charge in [-0.25, -0.2) is 4.39 Å². The molecule has 7 heteroatoms. The summed E-state index contributed by atoms with van der Waals surface area (Å²) in [5, 5.41) is 7.30. The van der Waals surface area contributed by atoms with E-state index >= 15 is 0 Å². The van der Waals surface area contributed by atoms with Gasteiger partial charge in [0.15, 0.2) is 0 Å². The van der Waals surface area contributed by atoms with Crippen molar-refractivity contribution in [1.29, 1.82) is 0 Å². The number of halogens is 1. The Morgan fingerprint density at radius 3 is 2.55 bits per heavy atom. The number of amides is 2. The number of benzene rings is 2. The van der Waals surface area contributed by atoms with Crippen molar-refractivity contribution in [2.24, 2.45) is 0 Å². The summed E-state index contributed by atoms with van der Waals surface area (Å²) in [6, 6.07) is 16.8. The molecule has 0 radical (unpaired) electrons. The van der Waals surface area contributed by atoms with Gasteiger partial charge < -0.3 is 5.32 Å². The maximum Gasteiger partial charge on any atom is 0.277 e. The van der Waals surface area contributed by atoms with Gasteiger partial charge in [0, 0.05) is 12.2 Å². The minimum atomic E-state index is -1.23. The molecule has 2 heterocycles. The Morgan fingerprint density at radius 2 is 1.86 bits per heavy atom. The summed E-state index contributed by atoms with van der Waals surface area (Å²) < 4.78 is 15.0. The predicted molar refractivity (Wildman–Crippen MR) is 107 cm³/mol. The van der Waals surface area contributed by atoms with Gasteiger partial charge in [0.25, 0.3) is 5.91 Å². The van der Waals surface area contributed by atoms with Crippen LogP contribution >= 0.6 is 0 Å². The number of hydrogen-bond acceptors (Lipinski definition) is 3. The minimum absolute atomic E-state index is 0.194. The van der Waals surface area contributed by atoms with Crippen LogP contribution in [0.1, 0.15) is 28.7 Å². The van der Waals surface area contributed by atoms with Gasteiger partial charge in [-0.1, -0.05) is 30.3 Å². The van der Waals surface area contributed by atoms with E-state index in [9.17, 15) is 14.0 Å². The number of carbonyl (C=O) groups excluding carboxylic acids is 2. The van der Waals surface area contributed by atoms with Crippen LogP contribution in [-0.4, -0.2) is 27.1 Å². The average molecular weight is 392 g/mol. The molecule has 1 atom stereocenters. The number of rotatable bonds is 4. The molecule has 1 aliphatic rings. The second-order valence-corrected chi connectivity index (χ2v) is 7.39. The highest BCUT2D eigenvalue weighted by Gasteiger charge is 2.48. The van der Waals surface area contributed by atoms with E-state index in [2.05, 4.69) is 10.4 Å². The first-order chi connectivity index (χ1) is 13.9. The van der Waals surface area contributed by atoms with Crippen molar-refractivity contribution in [3.8, 4) is 0 Å². The Balaban J connectivity index is 1.71. The van der Waals surface area contributed by atoms with Crippen molar-refractivity contribution in [2.45, 2.75) is 32.5 Å². The molecule has 0 unspecified atom stereocenters. The molecule has 2 aromatic carbocycles. The van der Waals surface area contributed by atoms with Gasteiger partial charge in [0.1, 0.15) is 17.1 Å². The normalized spacial score (nSPS) is 18.4. The third-order valence-electron chi connectivity index (χ3n) is 5.15. The van der Waals surface area contributed by atoms with Crippen molar-refractivity contribution in [3.05, 3.63) is 83.4 Å². The fourth-order valence-electron chi connectivity index (χ4n) is 3.67. The summed E-state index contributed by atoms with van der Waals surface area (Å²) in [6.45, 7) is 4.04. The molecule has 1 aromatic heterocycles. The number of fused-ring (bicyclic) bond motifs is 1. The van der Waals surface area contributed by atoms with Crippen molar-refractivity contribution in [2.75, 3.05) is 4.90 Å². The van der Waals surface area contributed by atoms with Crippen LogP contribution in [0.3, 0.4) is 0 Å². The van der Waals surface area contributed by atoms with E-state index < -0.39 is 11.4 Å². The van der Waals surface area contributed by atoms with E-state index in [0.717, 1.165) is 5.56 Å². The average Bonchev–Trinajstić information content (AvgIpc) is 3.08. The molecular formula is C22H21FN4O2. The molecule has 1 aliphatic heterocycles. The summed E-state index contributed by atoms with van der Waals surface area (Å²) >= 11 is 0. The number of nitrogens with zero attached hydrogens (tertiary/aromatic N) is 3. The van der Waals surface area contributed by atoms with Crippen molar-refractivity contribution in [1.82, 2.24) is 15.1 Å². The Bertz CT molecular complexity index is 1060. The second kappa shape index (κ2) is 7.16. The van der Waals surface area contributed by atoms with Crippen LogP contribution in [0.2, 0.25) is 0 Å². The zero-order valence-electron chi connectivity index (χ0n) is 16.2. The first-order valence-corrected chi connectivity index (χ1v) is 9.35. The number of hydrogen-bond donors (Lipinski definition) is 1. The highest BCUT2D eigenvalue weighted by atomic mass is 19.1. The highest BCUT2D eigenvalue weighted by molar-refractivity contribution is 6.11. The molecular weight excluding hydrogens is 371 g/mol. The maximum atomic E-state index is 13.5. The van der Waals surface area contributed by atoms with Gasteiger partial charge >= 0.3 is 0 Å². The number of aromatic nitrogens is 2. The van der Waals surface area contributed by atoms with Gasteiger partial charge in [0.2, 0.25) is 5.91 Å². The lowest BCUT2D eigenvalue weighted by molar-refractivity contribution is -0.126. The second-order valence-electron chi connectivity index (χ2n) is 7.39. The zero-order chi connectivity index (χ0) is 20.6. The maximum absolute atomic E-state index is 13.5. The van der Waals surface area contributed by atoms with Gasteiger partial charge in [-0.2, -0.15) is 5.10 Å². The van der Waals surface area contributed by atoms with Crippen LogP contribution < -0.4 is 10.2 Å². The van der Waals surface area contributed by atoms with E-state index in [0.29, 0.717) is 23.6 Å². The summed E-state index contributed by atoms with van der Waals surface area (Å²) in [5.41, 5.74) is 1.28. The first-order valence-electron chi connectivity index (χ1n) is 9.35. The molecule has 6 nitrogen and oxygen atoms in total. The molecule has 3 aromatic rings. The summed E-state index contributed by atoms with van der Waals surface area (Å²) in [7, 11) is 0. The molecule has 0 saturated heterocycles. The first kappa shape index (κ1) is 18.9. The third kappa shape index (κ3) is 3.40. The van der Waals surface area contributed by atoms with Gasteiger partial charge in [-0.05, 0) is 49.7 Å². The third-order valence-corrected chi connectivity index (χ3v) is 5.15. The van der Waals surface area contributed by atoms with Crippen LogP contribution in [0, 0.1) is 12.7 Å². The number of carbonyl (C=O) groups is 2. The number of aryl methyl sites for hydroxylation is 1. The molecule has 29 heavy (non-hydrogen) atoms. The molecule has 4 rings (SSSR count). The van der Waals surface area contributed by atoms with Crippen LogP contribution in [-0.2, 0) is 17.9 Å². The summed E-state index contributed by atoms with van der Waals surface area (Å²) in [5.74, 6) is -1.06. The van der Waals surface area contributed by atoms with Crippen molar-refractivity contribution in [3.63, 3.8) is 0 Å². The molecule has 0 aliphatic carbocycles. The summed E-state index contributed by atoms with van der Waals surface area (Å²) in [6.07, 6.45) is 0. The lowest BCUT2D eigenvalue weighted by Gasteiger charge is -2.43. The smallest absolute Gasteiger partial charge is 0.277 e. The fraction of sp³-hybridized carbons (Fsp3) is 0.227. The lowest BCUT2D eigenvalue weighted by Crippen LogP contribution is -2.64. The molecule has 148 valence electrons. The fourth-order valence-corrected chi connectivity index (χ4v) is 3.67. The highest BCUT2D eigenvalue weighted by Crippen LogP contribution is 2.33. The molecule has 0 spiro atoms. The number of anilines is 1.